The van der Waals surface area contributed by atoms with Gasteiger partial charge < -0.3 is 19.1 Å². The van der Waals surface area contributed by atoms with Crippen LogP contribution < -0.4 is 14.2 Å². The molecule has 0 saturated carbocycles. The first kappa shape index (κ1) is 18.1. The molecule has 2 aromatic carbocycles. The monoisotopic (exact) mass is 355 g/mol. The highest BCUT2D eigenvalue weighted by Gasteiger charge is 2.30. The summed E-state index contributed by atoms with van der Waals surface area (Å²) in [5.74, 6) is 2.25. The molecule has 0 aliphatic carbocycles. The first-order valence-corrected chi connectivity index (χ1v) is 8.81. The molecular formula is C21H25NO4. The fourth-order valence-corrected chi connectivity index (χ4v) is 3.59. The second-order valence-corrected chi connectivity index (χ2v) is 6.35. The number of benzene rings is 2. The van der Waals surface area contributed by atoms with Gasteiger partial charge in [0.25, 0.3) is 0 Å². The van der Waals surface area contributed by atoms with Crippen LogP contribution in [0.3, 0.4) is 0 Å². The zero-order chi connectivity index (χ0) is 18.5. The van der Waals surface area contributed by atoms with Crippen molar-refractivity contribution in [2.75, 3.05) is 27.9 Å². The van der Waals surface area contributed by atoms with Crippen LogP contribution >= 0.6 is 0 Å². The molecule has 1 amide bonds. The number of rotatable bonds is 6. The minimum atomic E-state index is 0.0667. The molecule has 2 aromatic rings. The SMILES string of the molecule is COc1ccccc1CC(=O)N1CCC[C@@H]1c1ccc(OC)c(OC)c1. The van der Waals surface area contributed by atoms with Crippen molar-refractivity contribution in [3.63, 3.8) is 0 Å². The second kappa shape index (κ2) is 8.13. The van der Waals surface area contributed by atoms with Crippen LogP contribution in [0.4, 0.5) is 0 Å². The molecule has 1 aliphatic heterocycles. The van der Waals surface area contributed by atoms with E-state index in [2.05, 4.69) is 0 Å². The summed E-state index contributed by atoms with van der Waals surface area (Å²) in [6.45, 7) is 0.771. The molecule has 0 radical (unpaired) electrons. The fourth-order valence-electron chi connectivity index (χ4n) is 3.59. The predicted molar refractivity (Wildman–Crippen MR) is 99.9 cm³/mol. The van der Waals surface area contributed by atoms with Gasteiger partial charge in [0.2, 0.25) is 5.91 Å². The van der Waals surface area contributed by atoms with Crippen molar-refractivity contribution in [3.8, 4) is 17.2 Å². The molecule has 0 aromatic heterocycles. The molecule has 3 rings (SSSR count). The van der Waals surface area contributed by atoms with Gasteiger partial charge >= 0.3 is 0 Å². The van der Waals surface area contributed by atoms with Gasteiger partial charge in [-0.25, -0.2) is 0 Å². The van der Waals surface area contributed by atoms with E-state index in [4.69, 9.17) is 14.2 Å². The molecule has 5 nitrogen and oxygen atoms in total. The number of ether oxygens (including phenoxy) is 3. The van der Waals surface area contributed by atoms with E-state index in [0.29, 0.717) is 17.9 Å². The predicted octanol–water partition coefficient (Wildman–Crippen LogP) is 3.62. The highest BCUT2D eigenvalue weighted by Crippen LogP contribution is 2.37. The number of amides is 1. The van der Waals surface area contributed by atoms with Crippen LogP contribution in [0.2, 0.25) is 0 Å². The summed E-state index contributed by atoms with van der Waals surface area (Å²) in [5, 5.41) is 0. The van der Waals surface area contributed by atoms with Gasteiger partial charge in [-0.2, -0.15) is 0 Å². The van der Waals surface area contributed by atoms with E-state index >= 15 is 0 Å². The Kier molecular flexibility index (Phi) is 5.66. The highest BCUT2D eigenvalue weighted by molar-refractivity contribution is 5.80. The lowest BCUT2D eigenvalue weighted by atomic mass is 10.0. The van der Waals surface area contributed by atoms with Crippen LogP contribution in [0.1, 0.15) is 30.0 Å². The fraction of sp³-hybridized carbons (Fsp3) is 0.381. The molecular weight excluding hydrogens is 330 g/mol. The molecule has 138 valence electrons. The zero-order valence-corrected chi connectivity index (χ0v) is 15.5. The van der Waals surface area contributed by atoms with Crippen LogP contribution in [0.5, 0.6) is 17.2 Å². The molecule has 1 fully saturated rings. The molecule has 1 aliphatic rings. The smallest absolute Gasteiger partial charge is 0.227 e. The Bertz CT molecular complexity index is 774. The third-order valence-electron chi connectivity index (χ3n) is 4.90. The van der Waals surface area contributed by atoms with Gasteiger partial charge in [0.15, 0.2) is 11.5 Å². The molecule has 5 heteroatoms. The maximum atomic E-state index is 13.0. The van der Waals surface area contributed by atoms with Gasteiger partial charge in [0.1, 0.15) is 5.75 Å². The number of hydrogen-bond acceptors (Lipinski definition) is 4. The van der Waals surface area contributed by atoms with Gasteiger partial charge in [-0.15, -0.1) is 0 Å². The zero-order valence-electron chi connectivity index (χ0n) is 15.5. The molecule has 1 saturated heterocycles. The van der Waals surface area contributed by atoms with Crippen molar-refractivity contribution < 1.29 is 19.0 Å². The second-order valence-electron chi connectivity index (χ2n) is 6.35. The molecule has 0 N–H and O–H groups in total. The Balaban J connectivity index is 1.80. The normalized spacial score (nSPS) is 16.4. The van der Waals surface area contributed by atoms with Crippen molar-refractivity contribution in [1.82, 2.24) is 4.90 Å². The Labute approximate surface area is 154 Å². The van der Waals surface area contributed by atoms with E-state index in [1.807, 2.05) is 47.4 Å². The van der Waals surface area contributed by atoms with Gasteiger partial charge in [0.05, 0.1) is 33.8 Å². The molecule has 0 unspecified atom stereocenters. The van der Waals surface area contributed by atoms with Crippen LogP contribution in [-0.2, 0) is 11.2 Å². The van der Waals surface area contributed by atoms with Crippen LogP contribution in [-0.4, -0.2) is 38.7 Å². The van der Waals surface area contributed by atoms with E-state index < -0.39 is 0 Å². The van der Waals surface area contributed by atoms with Crippen LogP contribution in [0, 0.1) is 0 Å². The van der Waals surface area contributed by atoms with Crippen molar-refractivity contribution in [2.24, 2.45) is 0 Å². The van der Waals surface area contributed by atoms with Crippen LogP contribution in [0.15, 0.2) is 42.5 Å². The summed E-state index contributed by atoms with van der Waals surface area (Å²) in [4.78, 5) is 14.9. The summed E-state index contributed by atoms with van der Waals surface area (Å²) in [5.41, 5.74) is 1.99. The Hall–Kier alpha value is -2.69. The summed E-state index contributed by atoms with van der Waals surface area (Å²) in [6.07, 6.45) is 2.29. The van der Waals surface area contributed by atoms with Crippen molar-refractivity contribution in [2.45, 2.75) is 25.3 Å². The average molecular weight is 355 g/mol. The lowest BCUT2D eigenvalue weighted by Gasteiger charge is -2.26. The van der Waals surface area contributed by atoms with E-state index in [0.717, 1.165) is 36.3 Å². The van der Waals surface area contributed by atoms with E-state index in [9.17, 15) is 4.79 Å². The minimum Gasteiger partial charge on any atom is -0.496 e. The number of para-hydroxylation sites is 1. The standard InChI is InChI=1S/C21H25NO4/c1-24-18-9-5-4-7-16(18)14-21(23)22-12-6-8-17(22)15-10-11-19(25-2)20(13-15)26-3/h4-5,7,9-11,13,17H,6,8,12,14H2,1-3H3/t17-/m1/s1. The lowest BCUT2D eigenvalue weighted by Crippen LogP contribution is -2.32. The maximum absolute atomic E-state index is 13.0. The summed E-state index contributed by atoms with van der Waals surface area (Å²) >= 11 is 0. The molecule has 1 atom stereocenters. The van der Waals surface area contributed by atoms with Crippen molar-refractivity contribution in [3.05, 3.63) is 53.6 Å². The quantitative estimate of drug-likeness (QED) is 0.794. The summed E-state index contributed by atoms with van der Waals surface area (Å²) in [7, 11) is 4.88. The molecule has 0 spiro atoms. The number of carbonyl (C=O) groups excluding carboxylic acids is 1. The number of nitrogens with zero attached hydrogens (tertiary/aromatic N) is 1. The van der Waals surface area contributed by atoms with E-state index in [1.54, 1.807) is 21.3 Å². The highest BCUT2D eigenvalue weighted by atomic mass is 16.5. The van der Waals surface area contributed by atoms with E-state index in [1.165, 1.54) is 0 Å². The van der Waals surface area contributed by atoms with Crippen molar-refractivity contribution in [1.29, 1.82) is 0 Å². The number of methoxy groups -OCH3 is 3. The van der Waals surface area contributed by atoms with Crippen LogP contribution in [0.25, 0.3) is 0 Å². The molecule has 1 heterocycles. The number of likely N-dealkylation sites (tertiary alicyclic amines) is 1. The maximum Gasteiger partial charge on any atom is 0.227 e. The Morgan fingerprint density at radius 3 is 2.46 bits per heavy atom. The number of carbonyl (C=O) groups is 1. The molecule has 26 heavy (non-hydrogen) atoms. The minimum absolute atomic E-state index is 0.0667. The third-order valence-corrected chi connectivity index (χ3v) is 4.90. The lowest BCUT2D eigenvalue weighted by molar-refractivity contribution is -0.131. The van der Waals surface area contributed by atoms with Gasteiger partial charge in [-0.1, -0.05) is 24.3 Å². The summed E-state index contributed by atoms with van der Waals surface area (Å²) < 4.78 is 16.1. The Morgan fingerprint density at radius 2 is 1.73 bits per heavy atom. The molecule has 0 bridgehead atoms. The summed E-state index contributed by atoms with van der Waals surface area (Å²) in [6, 6.07) is 13.6. The van der Waals surface area contributed by atoms with E-state index in [-0.39, 0.29) is 11.9 Å². The first-order valence-electron chi connectivity index (χ1n) is 8.81. The third kappa shape index (κ3) is 3.62. The largest absolute Gasteiger partial charge is 0.496 e. The van der Waals surface area contributed by atoms with Crippen molar-refractivity contribution >= 4 is 5.91 Å². The van der Waals surface area contributed by atoms with Gasteiger partial charge in [-0.3, -0.25) is 4.79 Å². The van der Waals surface area contributed by atoms with Gasteiger partial charge in [0, 0.05) is 12.1 Å². The first-order chi connectivity index (χ1) is 12.7. The topological polar surface area (TPSA) is 48.0 Å². The van der Waals surface area contributed by atoms with Gasteiger partial charge in [-0.05, 0) is 36.6 Å². The average Bonchev–Trinajstić information content (AvgIpc) is 3.17. The Morgan fingerprint density at radius 1 is 1.00 bits per heavy atom. The number of hydrogen-bond donors (Lipinski definition) is 0.